The molecule has 1 aliphatic carbocycles. The molecule has 1 aromatic carbocycles. The zero-order valence-corrected chi connectivity index (χ0v) is 14.7. The molecule has 0 amide bonds. The summed E-state index contributed by atoms with van der Waals surface area (Å²) in [4.78, 5) is 0. The summed E-state index contributed by atoms with van der Waals surface area (Å²) in [6.45, 7) is 5.18. The van der Waals surface area contributed by atoms with Crippen molar-refractivity contribution in [3.63, 3.8) is 0 Å². The summed E-state index contributed by atoms with van der Waals surface area (Å²) in [5, 5.41) is 3.02. The lowest BCUT2D eigenvalue weighted by Gasteiger charge is -2.14. The lowest BCUT2D eigenvalue weighted by Crippen LogP contribution is -2.39. The van der Waals surface area contributed by atoms with Gasteiger partial charge in [0.25, 0.3) is 0 Å². The number of benzene rings is 1. The second-order valence-electron chi connectivity index (χ2n) is 6.85. The highest BCUT2D eigenvalue weighted by molar-refractivity contribution is 7.90. The first-order valence-electron chi connectivity index (χ1n) is 8.43. The van der Waals surface area contributed by atoms with Crippen molar-refractivity contribution < 1.29 is 13.2 Å². The number of rotatable bonds is 6. The molecule has 0 saturated carbocycles. The highest BCUT2D eigenvalue weighted by Crippen LogP contribution is 2.27. The molecule has 1 saturated heterocycles. The van der Waals surface area contributed by atoms with Crippen LogP contribution in [-0.4, -0.2) is 38.9 Å². The van der Waals surface area contributed by atoms with Crippen LogP contribution in [0.2, 0.25) is 0 Å². The minimum atomic E-state index is -3.22. The number of sulfonamides is 1. The van der Waals surface area contributed by atoms with Gasteiger partial charge >= 0.3 is 0 Å². The summed E-state index contributed by atoms with van der Waals surface area (Å²) >= 11 is 0. The summed E-state index contributed by atoms with van der Waals surface area (Å²) < 4.78 is 32.7. The first-order chi connectivity index (χ1) is 10.9. The topological polar surface area (TPSA) is 67.4 Å². The zero-order valence-electron chi connectivity index (χ0n) is 13.8. The summed E-state index contributed by atoms with van der Waals surface area (Å²) in [5.74, 6) is 0.879. The molecular formula is C17H26N2O3S. The van der Waals surface area contributed by atoms with E-state index >= 15 is 0 Å². The minimum Gasteiger partial charge on any atom is -0.492 e. The van der Waals surface area contributed by atoms with Crippen LogP contribution in [0.1, 0.15) is 37.8 Å². The zero-order chi connectivity index (χ0) is 16.4. The van der Waals surface area contributed by atoms with Crippen molar-refractivity contribution >= 4 is 10.0 Å². The van der Waals surface area contributed by atoms with E-state index in [2.05, 4.69) is 22.2 Å². The number of hydrogen-bond donors (Lipinski definition) is 2. The molecule has 1 heterocycles. The Bertz CT molecular complexity index is 652. The predicted molar refractivity (Wildman–Crippen MR) is 91.3 cm³/mol. The average molecular weight is 338 g/mol. The molecule has 1 aliphatic heterocycles. The van der Waals surface area contributed by atoms with Crippen LogP contribution in [0.15, 0.2) is 18.2 Å². The van der Waals surface area contributed by atoms with Crippen LogP contribution in [-0.2, 0) is 22.9 Å². The maximum Gasteiger partial charge on any atom is 0.214 e. The largest absolute Gasteiger partial charge is 0.492 e. The molecule has 6 heteroatoms. The van der Waals surface area contributed by atoms with Gasteiger partial charge in [-0.3, -0.25) is 0 Å². The van der Waals surface area contributed by atoms with Crippen LogP contribution < -0.4 is 14.8 Å². The summed E-state index contributed by atoms with van der Waals surface area (Å²) in [6.07, 6.45) is 3.88. The molecule has 0 radical (unpaired) electrons. The van der Waals surface area contributed by atoms with Gasteiger partial charge < -0.3 is 10.1 Å². The van der Waals surface area contributed by atoms with Crippen LogP contribution in [0.5, 0.6) is 5.75 Å². The van der Waals surface area contributed by atoms with Crippen LogP contribution in [0, 0.1) is 0 Å². The molecule has 0 unspecified atom stereocenters. The average Bonchev–Trinajstić information content (AvgIpc) is 3.12. The van der Waals surface area contributed by atoms with Gasteiger partial charge in [0.1, 0.15) is 12.4 Å². The molecule has 3 rings (SSSR count). The molecular weight excluding hydrogens is 312 g/mol. The van der Waals surface area contributed by atoms with E-state index in [1.54, 1.807) is 13.8 Å². The van der Waals surface area contributed by atoms with Gasteiger partial charge in [0.05, 0.1) is 5.25 Å². The Balaban J connectivity index is 1.59. The molecule has 0 bridgehead atoms. The Hall–Kier alpha value is -1.11. The highest BCUT2D eigenvalue weighted by Gasteiger charge is 2.27. The second kappa shape index (κ2) is 6.79. The maximum absolute atomic E-state index is 12.0. The molecule has 1 fully saturated rings. The monoisotopic (exact) mass is 338 g/mol. The van der Waals surface area contributed by atoms with Crippen molar-refractivity contribution in [1.29, 1.82) is 0 Å². The van der Waals surface area contributed by atoms with Gasteiger partial charge in [0.15, 0.2) is 0 Å². The van der Waals surface area contributed by atoms with Crippen molar-refractivity contribution in [2.75, 3.05) is 13.2 Å². The lowest BCUT2D eigenvalue weighted by molar-refractivity contribution is 0.277. The first kappa shape index (κ1) is 16.7. The van der Waals surface area contributed by atoms with Crippen molar-refractivity contribution in [3.05, 3.63) is 29.3 Å². The van der Waals surface area contributed by atoms with Crippen molar-refractivity contribution in [2.24, 2.45) is 0 Å². The van der Waals surface area contributed by atoms with Gasteiger partial charge in [-0.05, 0) is 69.3 Å². The number of fused-ring (bicyclic) bond motifs is 1. The Morgan fingerprint density at radius 2 is 2.09 bits per heavy atom. The van der Waals surface area contributed by atoms with Crippen LogP contribution in [0.3, 0.4) is 0 Å². The third-order valence-electron chi connectivity index (χ3n) is 4.68. The molecule has 23 heavy (non-hydrogen) atoms. The van der Waals surface area contributed by atoms with Crippen molar-refractivity contribution in [3.8, 4) is 5.75 Å². The third kappa shape index (κ3) is 4.05. The SMILES string of the molecule is CC(C)S(=O)(=O)N[C@H]1Cc2ccc(OC[C@H]3CCCN3)cc2C1. The molecule has 0 spiro atoms. The number of ether oxygens (including phenoxy) is 1. The Morgan fingerprint density at radius 1 is 1.30 bits per heavy atom. The molecule has 2 aliphatic rings. The number of nitrogens with one attached hydrogen (secondary N) is 2. The van der Waals surface area contributed by atoms with Crippen LogP contribution in [0.25, 0.3) is 0 Å². The van der Waals surface area contributed by atoms with E-state index in [1.807, 2.05) is 6.07 Å². The van der Waals surface area contributed by atoms with Gasteiger partial charge in [0.2, 0.25) is 10.0 Å². The lowest BCUT2D eigenvalue weighted by atomic mass is 10.1. The Kier molecular flexibility index (Phi) is 4.94. The van der Waals surface area contributed by atoms with Crippen molar-refractivity contribution in [1.82, 2.24) is 10.0 Å². The van der Waals surface area contributed by atoms with Gasteiger partial charge in [-0.2, -0.15) is 0 Å². The van der Waals surface area contributed by atoms with E-state index in [1.165, 1.54) is 24.0 Å². The smallest absolute Gasteiger partial charge is 0.214 e. The minimum absolute atomic E-state index is 0.0378. The Morgan fingerprint density at radius 3 is 2.78 bits per heavy atom. The highest BCUT2D eigenvalue weighted by atomic mass is 32.2. The standard InChI is InChI=1S/C17H26N2O3S/c1-12(2)23(20,21)19-16-8-13-5-6-17(10-14(13)9-16)22-11-15-4-3-7-18-15/h5-6,10,12,15-16,18-19H,3-4,7-9,11H2,1-2H3/t15-,16+/m1/s1. The Labute approximate surface area is 138 Å². The first-order valence-corrected chi connectivity index (χ1v) is 9.98. The molecule has 2 N–H and O–H groups in total. The number of hydrogen-bond acceptors (Lipinski definition) is 4. The van der Waals surface area contributed by atoms with Gasteiger partial charge in [0, 0.05) is 12.1 Å². The fourth-order valence-electron chi connectivity index (χ4n) is 3.23. The fourth-order valence-corrected chi connectivity index (χ4v) is 4.14. The summed E-state index contributed by atoms with van der Waals surface area (Å²) in [7, 11) is -3.22. The second-order valence-corrected chi connectivity index (χ2v) is 9.12. The van der Waals surface area contributed by atoms with E-state index in [-0.39, 0.29) is 6.04 Å². The fraction of sp³-hybridized carbons (Fsp3) is 0.647. The van der Waals surface area contributed by atoms with E-state index in [9.17, 15) is 8.42 Å². The quantitative estimate of drug-likeness (QED) is 0.827. The van der Waals surface area contributed by atoms with E-state index in [4.69, 9.17) is 4.74 Å². The van der Waals surface area contributed by atoms with Gasteiger partial charge in [-0.1, -0.05) is 6.07 Å². The summed E-state index contributed by atoms with van der Waals surface area (Å²) in [5.41, 5.74) is 2.41. The van der Waals surface area contributed by atoms with Crippen LogP contribution in [0.4, 0.5) is 0 Å². The van der Waals surface area contributed by atoms with Gasteiger partial charge in [-0.15, -0.1) is 0 Å². The van der Waals surface area contributed by atoms with Crippen LogP contribution >= 0.6 is 0 Å². The van der Waals surface area contributed by atoms with E-state index in [0.717, 1.165) is 25.1 Å². The molecule has 1 aromatic rings. The molecule has 2 atom stereocenters. The normalized spacial score (nSPS) is 24.1. The predicted octanol–water partition coefficient (Wildman–Crippen LogP) is 1.61. The maximum atomic E-state index is 12.0. The summed E-state index contributed by atoms with van der Waals surface area (Å²) in [6, 6.07) is 6.54. The molecule has 0 aromatic heterocycles. The molecule has 128 valence electrons. The van der Waals surface area contributed by atoms with Gasteiger partial charge in [-0.25, -0.2) is 13.1 Å². The van der Waals surface area contributed by atoms with Crippen molar-refractivity contribution in [2.45, 2.75) is 56.9 Å². The van der Waals surface area contributed by atoms with E-state index < -0.39 is 15.3 Å². The third-order valence-corrected chi connectivity index (χ3v) is 6.58. The van der Waals surface area contributed by atoms with E-state index in [0.29, 0.717) is 12.6 Å². The molecule has 5 nitrogen and oxygen atoms in total.